The second-order valence-corrected chi connectivity index (χ2v) is 7.24. The van der Waals surface area contributed by atoms with E-state index in [9.17, 15) is 5.11 Å². The van der Waals surface area contributed by atoms with Gasteiger partial charge in [0.1, 0.15) is 11.5 Å². The Bertz CT molecular complexity index is 1140. The molecular weight excluding hydrogens is 352 g/mol. The van der Waals surface area contributed by atoms with Crippen molar-refractivity contribution in [1.29, 1.82) is 0 Å². The van der Waals surface area contributed by atoms with Crippen LogP contribution in [0.3, 0.4) is 0 Å². The molecule has 6 heteroatoms. The molecule has 6 nitrogen and oxygen atoms in total. The van der Waals surface area contributed by atoms with Crippen LogP contribution in [0, 0.1) is 0 Å². The first-order valence-corrected chi connectivity index (χ1v) is 9.35. The summed E-state index contributed by atoms with van der Waals surface area (Å²) >= 11 is 0. The predicted molar refractivity (Wildman–Crippen MR) is 109 cm³/mol. The van der Waals surface area contributed by atoms with E-state index in [4.69, 9.17) is 9.72 Å². The van der Waals surface area contributed by atoms with Crippen LogP contribution in [0.4, 0.5) is 0 Å². The van der Waals surface area contributed by atoms with Crippen molar-refractivity contribution in [2.45, 2.75) is 32.6 Å². The number of hydrogen-bond donors (Lipinski definition) is 1. The Kier molecular flexibility index (Phi) is 4.77. The fourth-order valence-electron chi connectivity index (χ4n) is 3.20. The smallest absolute Gasteiger partial charge is 0.141 e. The normalized spacial score (nSPS) is 12.6. The molecule has 4 heterocycles. The maximum Gasteiger partial charge on any atom is 0.141 e. The molecule has 0 amide bonds. The average molecular weight is 374 g/mol. The summed E-state index contributed by atoms with van der Waals surface area (Å²) < 4.78 is 6.14. The third-order valence-corrected chi connectivity index (χ3v) is 4.71. The second-order valence-electron chi connectivity index (χ2n) is 7.24. The van der Waals surface area contributed by atoms with Gasteiger partial charge in [0, 0.05) is 29.8 Å². The molecule has 0 saturated heterocycles. The van der Waals surface area contributed by atoms with Crippen LogP contribution in [0.25, 0.3) is 21.9 Å². The Balaban J connectivity index is 1.62. The van der Waals surface area contributed by atoms with Crippen molar-refractivity contribution in [3.05, 3.63) is 60.3 Å². The Hall–Kier alpha value is -3.28. The van der Waals surface area contributed by atoms with Gasteiger partial charge in [-0.15, -0.1) is 0 Å². The van der Waals surface area contributed by atoms with E-state index in [1.807, 2.05) is 31.2 Å². The summed E-state index contributed by atoms with van der Waals surface area (Å²) in [4.78, 5) is 17.7. The van der Waals surface area contributed by atoms with E-state index < -0.39 is 0 Å². The van der Waals surface area contributed by atoms with Gasteiger partial charge in [-0.05, 0) is 30.2 Å². The fraction of sp³-hybridized carbons (Fsp3) is 0.273. The van der Waals surface area contributed by atoms with Crippen LogP contribution in [0.5, 0.6) is 11.5 Å². The number of pyridine rings is 4. The number of aromatic nitrogens is 4. The topological polar surface area (TPSA) is 81.0 Å². The van der Waals surface area contributed by atoms with E-state index in [2.05, 4.69) is 28.8 Å². The van der Waals surface area contributed by atoms with Crippen LogP contribution in [-0.2, 0) is 0 Å². The minimum Gasteiger partial charge on any atom is -0.506 e. The standard InChI is InChI=1S/C22H22N4O2/c1-13(2)21-20(9-15-6-8-23-11-18(15)26-21)28-12-14(3)22-19(27)10-17-16(25-22)5-4-7-24-17/h4-11,13-14,27H,12H2,1-3H3. The predicted octanol–water partition coefficient (Wildman–Crippen LogP) is 4.58. The molecule has 0 aliphatic heterocycles. The van der Waals surface area contributed by atoms with Crippen molar-refractivity contribution in [2.75, 3.05) is 6.61 Å². The minimum atomic E-state index is -0.0993. The molecule has 4 aromatic heterocycles. The summed E-state index contributed by atoms with van der Waals surface area (Å²) in [6.45, 7) is 6.54. The molecule has 0 aromatic carbocycles. The van der Waals surface area contributed by atoms with Gasteiger partial charge in [-0.3, -0.25) is 9.97 Å². The SMILES string of the molecule is CC(C)c1nc2cnccc2cc1OCC(C)c1nc2cccnc2cc1O. The maximum absolute atomic E-state index is 10.4. The van der Waals surface area contributed by atoms with Gasteiger partial charge >= 0.3 is 0 Å². The molecule has 0 radical (unpaired) electrons. The molecule has 0 bridgehead atoms. The zero-order valence-corrected chi connectivity index (χ0v) is 16.1. The highest BCUT2D eigenvalue weighted by Gasteiger charge is 2.17. The first kappa shape index (κ1) is 18.1. The van der Waals surface area contributed by atoms with Gasteiger partial charge in [0.2, 0.25) is 0 Å². The van der Waals surface area contributed by atoms with Gasteiger partial charge in [-0.1, -0.05) is 20.8 Å². The third kappa shape index (κ3) is 3.45. The molecular formula is C22H22N4O2. The summed E-state index contributed by atoms with van der Waals surface area (Å²) in [5.41, 5.74) is 3.78. The van der Waals surface area contributed by atoms with E-state index >= 15 is 0 Å². The van der Waals surface area contributed by atoms with E-state index in [1.165, 1.54) is 0 Å². The van der Waals surface area contributed by atoms with E-state index in [1.54, 1.807) is 24.7 Å². The molecule has 1 unspecified atom stereocenters. The lowest BCUT2D eigenvalue weighted by Crippen LogP contribution is -2.11. The molecule has 0 fully saturated rings. The summed E-state index contributed by atoms with van der Waals surface area (Å²) in [7, 11) is 0. The van der Waals surface area contributed by atoms with Crippen LogP contribution in [0.2, 0.25) is 0 Å². The fourth-order valence-corrected chi connectivity index (χ4v) is 3.20. The number of aromatic hydroxyl groups is 1. The lowest BCUT2D eigenvalue weighted by atomic mass is 10.1. The van der Waals surface area contributed by atoms with Gasteiger partial charge in [0.05, 0.1) is 40.7 Å². The van der Waals surface area contributed by atoms with Crippen LogP contribution < -0.4 is 4.74 Å². The van der Waals surface area contributed by atoms with Crippen LogP contribution in [-0.4, -0.2) is 31.6 Å². The molecule has 0 aliphatic rings. The molecule has 1 atom stereocenters. The molecule has 142 valence electrons. The van der Waals surface area contributed by atoms with Crippen molar-refractivity contribution >= 4 is 21.9 Å². The third-order valence-electron chi connectivity index (χ3n) is 4.71. The Morgan fingerprint density at radius 3 is 2.61 bits per heavy atom. The summed E-state index contributed by atoms with van der Waals surface area (Å²) in [6.07, 6.45) is 5.20. The number of rotatable bonds is 5. The largest absolute Gasteiger partial charge is 0.506 e. The van der Waals surface area contributed by atoms with Gasteiger partial charge in [0.15, 0.2) is 0 Å². The molecule has 0 aliphatic carbocycles. The minimum absolute atomic E-state index is 0.0993. The number of fused-ring (bicyclic) bond motifs is 2. The molecule has 1 N–H and O–H groups in total. The highest BCUT2D eigenvalue weighted by Crippen LogP contribution is 2.31. The Labute approximate surface area is 163 Å². The molecule has 28 heavy (non-hydrogen) atoms. The number of hydrogen-bond acceptors (Lipinski definition) is 6. The van der Waals surface area contributed by atoms with Crippen LogP contribution in [0.1, 0.15) is 44.0 Å². The van der Waals surface area contributed by atoms with E-state index in [-0.39, 0.29) is 17.6 Å². The zero-order valence-electron chi connectivity index (χ0n) is 16.1. The average Bonchev–Trinajstić information content (AvgIpc) is 2.70. The van der Waals surface area contributed by atoms with Gasteiger partial charge < -0.3 is 9.84 Å². The second kappa shape index (κ2) is 7.38. The van der Waals surface area contributed by atoms with Crippen LogP contribution in [0.15, 0.2) is 48.9 Å². The quantitative estimate of drug-likeness (QED) is 0.550. The first-order valence-electron chi connectivity index (χ1n) is 9.35. The molecule has 0 saturated carbocycles. The molecule has 4 rings (SSSR count). The van der Waals surface area contributed by atoms with Gasteiger partial charge in [0.25, 0.3) is 0 Å². The van der Waals surface area contributed by atoms with Crippen molar-refractivity contribution in [2.24, 2.45) is 0 Å². The number of nitrogens with zero attached hydrogens (tertiary/aromatic N) is 4. The van der Waals surface area contributed by atoms with E-state index in [0.717, 1.165) is 27.9 Å². The summed E-state index contributed by atoms with van der Waals surface area (Å²) in [5, 5.41) is 11.4. The van der Waals surface area contributed by atoms with Crippen molar-refractivity contribution in [3.8, 4) is 11.5 Å². The molecule has 4 aromatic rings. The lowest BCUT2D eigenvalue weighted by molar-refractivity contribution is 0.286. The van der Waals surface area contributed by atoms with Crippen molar-refractivity contribution < 1.29 is 9.84 Å². The summed E-state index contributed by atoms with van der Waals surface area (Å²) in [6, 6.07) is 9.30. The van der Waals surface area contributed by atoms with Gasteiger partial charge in [-0.2, -0.15) is 0 Å². The first-order chi connectivity index (χ1) is 13.5. The highest BCUT2D eigenvalue weighted by atomic mass is 16.5. The van der Waals surface area contributed by atoms with Crippen molar-refractivity contribution in [1.82, 2.24) is 19.9 Å². The Morgan fingerprint density at radius 2 is 1.79 bits per heavy atom. The monoisotopic (exact) mass is 374 g/mol. The zero-order chi connectivity index (χ0) is 19.7. The van der Waals surface area contributed by atoms with Crippen LogP contribution >= 0.6 is 0 Å². The van der Waals surface area contributed by atoms with Gasteiger partial charge in [-0.25, -0.2) is 9.97 Å². The maximum atomic E-state index is 10.4. The Morgan fingerprint density at radius 1 is 0.964 bits per heavy atom. The molecule has 0 spiro atoms. The highest BCUT2D eigenvalue weighted by molar-refractivity contribution is 5.79. The lowest BCUT2D eigenvalue weighted by Gasteiger charge is -2.18. The number of ether oxygens (including phenoxy) is 1. The summed E-state index contributed by atoms with van der Waals surface area (Å²) in [5.74, 6) is 1.00. The van der Waals surface area contributed by atoms with E-state index in [0.29, 0.717) is 17.8 Å². The van der Waals surface area contributed by atoms with Crippen molar-refractivity contribution in [3.63, 3.8) is 0 Å².